The summed E-state index contributed by atoms with van der Waals surface area (Å²) in [5.74, 6) is -1.14. The fourth-order valence-corrected chi connectivity index (χ4v) is 2.51. The Balaban J connectivity index is 2.22. The lowest BCUT2D eigenvalue weighted by Crippen LogP contribution is -2.12. The van der Waals surface area contributed by atoms with Gasteiger partial charge in [-0.05, 0) is 42.4 Å². The predicted octanol–water partition coefficient (Wildman–Crippen LogP) is 2.12. The van der Waals surface area contributed by atoms with E-state index in [1.807, 2.05) is 6.07 Å². The van der Waals surface area contributed by atoms with Gasteiger partial charge in [-0.1, -0.05) is 18.2 Å². The highest BCUT2D eigenvalue weighted by Gasteiger charge is 2.17. The molecular weight excluding hydrogens is 216 g/mol. The highest BCUT2D eigenvalue weighted by molar-refractivity contribution is 5.68. The fraction of sp³-hybridized carbons (Fsp3) is 0.500. The van der Waals surface area contributed by atoms with Gasteiger partial charge >= 0.3 is 5.97 Å². The molecule has 0 saturated heterocycles. The van der Waals surface area contributed by atoms with Gasteiger partial charge in [-0.3, -0.25) is 4.79 Å². The van der Waals surface area contributed by atoms with Crippen molar-refractivity contribution in [3.8, 4) is 0 Å². The monoisotopic (exact) mass is 234 g/mol. The third-order valence-electron chi connectivity index (χ3n) is 3.49. The molecule has 0 radical (unpaired) electrons. The number of carboxylic acid groups (broad SMARTS) is 1. The van der Waals surface area contributed by atoms with Gasteiger partial charge in [0.25, 0.3) is 0 Å². The average Bonchev–Trinajstić information content (AvgIpc) is 2.35. The Morgan fingerprint density at radius 2 is 1.94 bits per heavy atom. The molecule has 17 heavy (non-hydrogen) atoms. The fourth-order valence-electron chi connectivity index (χ4n) is 2.51. The lowest BCUT2D eigenvalue weighted by atomic mass is 9.87. The van der Waals surface area contributed by atoms with Crippen LogP contribution in [-0.4, -0.2) is 22.8 Å². The number of aliphatic hydroxyl groups is 1. The maximum atomic E-state index is 10.7. The standard InChI is InChI=1S/C14H18O3/c15-9-13(8-14(16)17)12-6-5-10-3-1-2-4-11(10)7-12/h5-7,13,15H,1-4,8-9H2,(H,16,17). The van der Waals surface area contributed by atoms with Crippen LogP contribution in [0.3, 0.4) is 0 Å². The summed E-state index contributed by atoms with van der Waals surface area (Å²) in [5, 5.41) is 18.1. The van der Waals surface area contributed by atoms with Gasteiger partial charge in [-0.25, -0.2) is 0 Å². The first-order valence-electron chi connectivity index (χ1n) is 6.15. The quantitative estimate of drug-likeness (QED) is 0.839. The smallest absolute Gasteiger partial charge is 0.304 e. The number of aryl methyl sites for hydroxylation is 2. The van der Waals surface area contributed by atoms with Gasteiger partial charge in [0, 0.05) is 5.92 Å². The van der Waals surface area contributed by atoms with Gasteiger partial charge in [-0.15, -0.1) is 0 Å². The number of hydrogen-bond donors (Lipinski definition) is 2. The second-order valence-electron chi connectivity index (χ2n) is 4.71. The van der Waals surface area contributed by atoms with Gasteiger partial charge < -0.3 is 10.2 Å². The molecule has 3 nitrogen and oxygen atoms in total. The Morgan fingerprint density at radius 1 is 1.24 bits per heavy atom. The molecule has 0 bridgehead atoms. The number of carbonyl (C=O) groups is 1. The summed E-state index contributed by atoms with van der Waals surface area (Å²) < 4.78 is 0. The normalized spacial score (nSPS) is 16.3. The van der Waals surface area contributed by atoms with E-state index in [0.29, 0.717) is 0 Å². The van der Waals surface area contributed by atoms with Gasteiger partial charge in [-0.2, -0.15) is 0 Å². The van der Waals surface area contributed by atoms with E-state index >= 15 is 0 Å². The van der Waals surface area contributed by atoms with Crippen molar-refractivity contribution in [2.45, 2.75) is 38.0 Å². The highest BCUT2D eigenvalue weighted by atomic mass is 16.4. The van der Waals surface area contributed by atoms with Crippen LogP contribution < -0.4 is 0 Å². The lowest BCUT2D eigenvalue weighted by molar-refractivity contribution is -0.137. The molecule has 0 aliphatic heterocycles. The van der Waals surface area contributed by atoms with Crippen LogP contribution in [0.4, 0.5) is 0 Å². The van der Waals surface area contributed by atoms with Crippen molar-refractivity contribution < 1.29 is 15.0 Å². The molecule has 1 aliphatic rings. The summed E-state index contributed by atoms with van der Waals surface area (Å²) in [6, 6.07) is 6.14. The van der Waals surface area contributed by atoms with E-state index in [4.69, 9.17) is 5.11 Å². The minimum atomic E-state index is -0.859. The molecule has 0 amide bonds. The highest BCUT2D eigenvalue weighted by Crippen LogP contribution is 2.26. The van der Waals surface area contributed by atoms with Gasteiger partial charge in [0.05, 0.1) is 13.0 Å². The van der Waals surface area contributed by atoms with E-state index < -0.39 is 5.97 Å². The van der Waals surface area contributed by atoms with E-state index in [9.17, 15) is 9.90 Å². The molecule has 1 aromatic carbocycles. The Kier molecular flexibility index (Phi) is 3.79. The van der Waals surface area contributed by atoms with Gasteiger partial charge in [0.15, 0.2) is 0 Å². The van der Waals surface area contributed by atoms with Crippen molar-refractivity contribution >= 4 is 5.97 Å². The number of carboxylic acids is 1. The molecule has 0 saturated carbocycles. The van der Waals surface area contributed by atoms with Gasteiger partial charge in [0.1, 0.15) is 0 Å². The zero-order valence-electron chi connectivity index (χ0n) is 9.85. The number of fused-ring (bicyclic) bond motifs is 1. The van der Waals surface area contributed by atoms with Crippen molar-refractivity contribution in [2.75, 3.05) is 6.61 Å². The molecular formula is C14H18O3. The van der Waals surface area contributed by atoms with Crippen molar-refractivity contribution in [3.05, 3.63) is 34.9 Å². The largest absolute Gasteiger partial charge is 0.481 e. The third-order valence-corrected chi connectivity index (χ3v) is 3.49. The summed E-state index contributed by atoms with van der Waals surface area (Å²) in [7, 11) is 0. The van der Waals surface area contributed by atoms with E-state index in [2.05, 4.69) is 12.1 Å². The molecule has 1 aromatic rings. The summed E-state index contributed by atoms with van der Waals surface area (Å²) in [6.45, 7) is -0.106. The predicted molar refractivity (Wildman–Crippen MR) is 65.2 cm³/mol. The zero-order valence-corrected chi connectivity index (χ0v) is 9.85. The molecule has 92 valence electrons. The minimum absolute atomic E-state index is 0.00468. The molecule has 0 fully saturated rings. The second-order valence-corrected chi connectivity index (χ2v) is 4.71. The number of aliphatic hydroxyl groups excluding tert-OH is 1. The minimum Gasteiger partial charge on any atom is -0.481 e. The first-order chi connectivity index (χ1) is 8.20. The van der Waals surface area contributed by atoms with Gasteiger partial charge in [0.2, 0.25) is 0 Å². The summed E-state index contributed by atoms with van der Waals surface area (Å²) in [4.78, 5) is 10.7. The molecule has 1 unspecified atom stereocenters. The van der Waals surface area contributed by atoms with Crippen molar-refractivity contribution in [1.29, 1.82) is 0 Å². The van der Waals surface area contributed by atoms with E-state index in [-0.39, 0.29) is 18.9 Å². The van der Waals surface area contributed by atoms with E-state index in [0.717, 1.165) is 18.4 Å². The average molecular weight is 234 g/mol. The molecule has 0 heterocycles. The molecule has 2 N–H and O–H groups in total. The Morgan fingerprint density at radius 3 is 2.59 bits per heavy atom. The summed E-state index contributed by atoms with van der Waals surface area (Å²) in [5.41, 5.74) is 3.67. The molecule has 0 aromatic heterocycles. The van der Waals surface area contributed by atoms with Crippen LogP contribution in [0.1, 0.15) is 41.9 Å². The van der Waals surface area contributed by atoms with Crippen LogP contribution in [0.25, 0.3) is 0 Å². The summed E-state index contributed by atoms with van der Waals surface area (Å²) in [6.07, 6.45) is 4.64. The molecule has 1 atom stereocenters. The van der Waals surface area contributed by atoms with Crippen LogP contribution in [0.15, 0.2) is 18.2 Å². The lowest BCUT2D eigenvalue weighted by Gasteiger charge is -2.19. The van der Waals surface area contributed by atoms with Crippen molar-refractivity contribution in [3.63, 3.8) is 0 Å². The maximum Gasteiger partial charge on any atom is 0.304 e. The number of aliphatic carboxylic acids is 1. The van der Waals surface area contributed by atoms with Crippen LogP contribution in [0, 0.1) is 0 Å². The Hall–Kier alpha value is -1.35. The van der Waals surface area contributed by atoms with Crippen LogP contribution in [0.5, 0.6) is 0 Å². The second kappa shape index (κ2) is 5.32. The van der Waals surface area contributed by atoms with Crippen LogP contribution in [0.2, 0.25) is 0 Å². The van der Waals surface area contributed by atoms with E-state index in [1.165, 1.54) is 24.0 Å². The SMILES string of the molecule is O=C(O)CC(CO)c1ccc2c(c1)CCCC2. The third kappa shape index (κ3) is 2.86. The first-order valence-corrected chi connectivity index (χ1v) is 6.15. The Bertz CT molecular complexity index is 412. The molecule has 2 rings (SSSR count). The summed E-state index contributed by atoms with van der Waals surface area (Å²) >= 11 is 0. The maximum absolute atomic E-state index is 10.7. The van der Waals surface area contributed by atoms with E-state index in [1.54, 1.807) is 0 Å². The van der Waals surface area contributed by atoms with Crippen LogP contribution in [-0.2, 0) is 17.6 Å². The molecule has 3 heteroatoms. The number of rotatable bonds is 4. The van der Waals surface area contributed by atoms with Crippen LogP contribution >= 0.6 is 0 Å². The molecule has 0 spiro atoms. The van der Waals surface area contributed by atoms with Crippen molar-refractivity contribution in [2.24, 2.45) is 0 Å². The zero-order chi connectivity index (χ0) is 12.3. The number of hydrogen-bond acceptors (Lipinski definition) is 2. The molecule has 1 aliphatic carbocycles. The topological polar surface area (TPSA) is 57.5 Å². The van der Waals surface area contributed by atoms with Crippen molar-refractivity contribution in [1.82, 2.24) is 0 Å². The Labute approximate surface area is 101 Å². The number of benzene rings is 1. The first kappa shape index (κ1) is 12.1.